The maximum atomic E-state index is 5.61. The summed E-state index contributed by atoms with van der Waals surface area (Å²) in [5.74, 6) is 2.36. The molecule has 0 amide bonds. The van der Waals surface area contributed by atoms with Crippen molar-refractivity contribution in [2.45, 2.75) is 13.3 Å². The molecule has 2 rings (SSSR count). The van der Waals surface area contributed by atoms with E-state index in [4.69, 9.17) is 9.47 Å². The van der Waals surface area contributed by atoms with E-state index < -0.39 is 0 Å². The summed E-state index contributed by atoms with van der Waals surface area (Å²) in [5.41, 5.74) is 1.30. The lowest BCUT2D eigenvalue weighted by Gasteiger charge is -2.27. The molecule has 1 aliphatic rings. The Morgan fingerprint density at radius 2 is 2.18 bits per heavy atom. The largest absolute Gasteiger partial charge is 0.492 e. The predicted octanol–water partition coefficient (Wildman–Crippen LogP) is 2.62. The number of halogens is 1. The van der Waals surface area contributed by atoms with Crippen molar-refractivity contribution >= 4 is 15.9 Å². The number of hydrogen-bond donors (Lipinski definition) is 1. The highest BCUT2D eigenvalue weighted by molar-refractivity contribution is 9.10. The average Bonchev–Trinajstić information content (AvgIpc) is 2.24. The van der Waals surface area contributed by atoms with Gasteiger partial charge in [-0.15, -0.1) is 0 Å². The zero-order chi connectivity index (χ0) is 12.3. The number of methoxy groups -OCH3 is 1. The van der Waals surface area contributed by atoms with Crippen LogP contribution in [0.25, 0.3) is 0 Å². The van der Waals surface area contributed by atoms with Gasteiger partial charge in [0.05, 0.1) is 18.2 Å². The average molecular weight is 300 g/mol. The summed E-state index contributed by atoms with van der Waals surface area (Å²) in [4.78, 5) is 0. The molecule has 0 aromatic heterocycles. The van der Waals surface area contributed by atoms with Crippen molar-refractivity contribution in [3.8, 4) is 11.5 Å². The minimum absolute atomic E-state index is 0.650. The third-order valence-electron chi connectivity index (χ3n) is 2.96. The maximum absolute atomic E-state index is 5.61. The smallest absolute Gasteiger partial charge is 0.174 e. The van der Waals surface area contributed by atoms with Gasteiger partial charge < -0.3 is 14.8 Å². The standard InChI is InChI=1S/C13H18BrNO2/c1-3-17-12-6-9(4-10-7-15-8-10)5-11(14)13(12)16-2/h5-6,10,15H,3-4,7-8H2,1-2H3. The highest BCUT2D eigenvalue weighted by Crippen LogP contribution is 2.37. The second-order valence-corrected chi connectivity index (χ2v) is 5.12. The van der Waals surface area contributed by atoms with Crippen LogP contribution in [0, 0.1) is 5.92 Å². The van der Waals surface area contributed by atoms with Crippen LogP contribution >= 0.6 is 15.9 Å². The first-order valence-electron chi connectivity index (χ1n) is 5.94. The molecule has 1 aromatic carbocycles. The predicted molar refractivity (Wildman–Crippen MR) is 71.9 cm³/mol. The lowest BCUT2D eigenvalue weighted by atomic mass is 9.94. The molecule has 4 heteroatoms. The van der Waals surface area contributed by atoms with Crippen LogP contribution in [-0.2, 0) is 6.42 Å². The first-order valence-corrected chi connectivity index (χ1v) is 6.73. The van der Waals surface area contributed by atoms with Crippen molar-refractivity contribution in [3.05, 3.63) is 22.2 Å². The third kappa shape index (κ3) is 2.93. The summed E-state index contributed by atoms with van der Waals surface area (Å²) < 4.78 is 11.9. The van der Waals surface area contributed by atoms with Gasteiger partial charge in [0.2, 0.25) is 0 Å². The molecule has 0 atom stereocenters. The van der Waals surface area contributed by atoms with Crippen LogP contribution in [0.4, 0.5) is 0 Å². The van der Waals surface area contributed by atoms with Gasteiger partial charge in [-0.25, -0.2) is 0 Å². The second kappa shape index (κ2) is 5.74. The molecule has 1 aromatic rings. The Hall–Kier alpha value is -0.740. The summed E-state index contributed by atoms with van der Waals surface area (Å²) in [7, 11) is 1.66. The van der Waals surface area contributed by atoms with Crippen molar-refractivity contribution in [2.75, 3.05) is 26.8 Å². The zero-order valence-corrected chi connectivity index (χ0v) is 11.8. The topological polar surface area (TPSA) is 30.5 Å². The minimum Gasteiger partial charge on any atom is -0.492 e. The first kappa shape index (κ1) is 12.7. The molecule has 0 spiro atoms. The molecular formula is C13H18BrNO2. The SMILES string of the molecule is CCOc1cc(CC2CNC2)cc(Br)c1OC. The summed E-state index contributed by atoms with van der Waals surface area (Å²) in [6.45, 7) is 4.87. The molecule has 1 heterocycles. The zero-order valence-electron chi connectivity index (χ0n) is 10.3. The van der Waals surface area contributed by atoms with Crippen molar-refractivity contribution < 1.29 is 9.47 Å². The van der Waals surface area contributed by atoms with E-state index in [-0.39, 0.29) is 0 Å². The lowest BCUT2D eigenvalue weighted by molar-refractivity contribution is 0.308. The van der Waals surface area contributed by atoms with Crippen molar-refractivity contribution in [1.29, 1.82) is 0 Å². The molecule has 1 fully saturated rings. The van der Waals surface area contributed by atoms with Crippen LogP contribution < -0.4 is 14.8 Å². The Labute approximate surface area is 111 Å². The number of hydrogen-bond acceptors (Lipinski definition) is 3. The van der Waals surface area contributed by atoms with E-state index >= 15 is 0 Å². The van der Waals surface area contributed by atoms with E-state index in [2.05, 4.69) is 33.4 Å². The van der Waals surface area contributed by atoms with E-state index in [1.54, 1.807) is 7.11 Å². The van der Waals surface area contributed by atoms with Crippen LogP contribution in [0.2, 0.25) is 0 Å². The number of benzene rings is 1. The van der Waals surface area contributed by atoms with Crippen molar-refractivity contribution in [2.24, 2.45) is 5.92 Å². The van der Waals surface area contributed by atoms with Crippen LogP contribution in [0.15, 0.2) is 16.6 Å². The van der Waals surface area contributed by atoms with Gasteiger partial charge in [-0.3, -0.25) is 0 Å². The van der Waals surface area contributed by atoms with Gasteiger partial charge in [0.15, 0.2) is 11.5 Å². The molecule has 0 unspecified atom stereocenters. The van der Waals surface area contributed by atoms with Crippen molar-refractivity contribution in [1.82, 2.24) is 5.32 Å². The Balaban J connectivity index is 2.21. The molecule has 0 bridgehead atoms. The van der Waals surface area contributed by atoms with E-state index in [1.165, 1.54) is 5.56 Å². The fourth-order valence-electron chi connectivity index (χ4n) is 2.03. The summed E-state index contributed by atoms with van der Waals surface area (Å²) >= 11 is 3.54. The highest BCUT2D eigenvalue weighted by atomic mass is 79.9. The molecule has 94 valence electrons. The van der Waals surface area contributed by atoms with Crippen LogP contribution in [0.5, 0.6) is 11.5 Å². The summed E-state index contributed by atoms with van der Waals surface area (Å²) in [6, 6.07) is 4.21. The van der Waals surface area contributed by atoms with Gasteiger partial charge in [-0.1, -0.05) is 0 Å². The Morgan fingerprint density at radius 3 is 2.71 bits per heavy atom. The molecule has 0 saturated carbocycles. The third-order valence-corrected chi connectivity index (χ3v) is 3.55. The molecule has 1 saturated heterocycles. The van der Waals surface area contributed by atoms with Gasteiger partial charge in [-0.05, 0) is 66.0 Å². The molecule has 1 N–H and O–H groups in total. The van der Waals surface area contributed by atoms with Gasteiger partial charge in [0.1, 0.15) is 0 Å². The Kier molecular flexibility index (Phi) is 4.29. The molecule has 0 radical (unpaired) electrons. The summed E-state index contributed by atoms with van der Waals surface area (Å²) in [5, 5.41) is 3.29. The fraction of sp³-hybridized carbons (Fsp3) is 0.538. The quantitative estimate of drug-likeness (QED) is 0.907. The number of rotatable bonds is 5. The van der Waals surface area contributed by atoms with Gasteiger partial charge in [0.25, 0.3) is 0 Å². The van der Waals surface area contributed by atoms with E-state index in [0.717, 1.165) is 41.4 Å². The van der Waals surface area contributed by atoms with Gasteiger partial charge >= 0.3 is 0 Å². The van der Waals surface area contributed by atoms with E-state index in [0.29, 0.717) is 6.61 Å². The first-order chi connectivity index (χ1) is 8.24. The minimum atomic E-state index is 0.650. The number of nitrogens with one attached hydrogen (secondary N) is 1. The maximum Gasteiger partial charge on any atom is 0.174 e. The van der Waals surface area contributed by atoms with E-state index in [1.807, 2.05) is 6.92 Å². The van der Waals surface area contributed by atoms with Crippen molar-refractivity contribution in [3.63, 3.8) is 0 Å². The molecular weight excluding hydrogens is 282 g/mol. The molecule has 1 aliphatic heterocycles. The number of ether oxygens (including phenoxy) is 2. The molecule has 3 nitrogen and oxygen atoms in total. The summed E-state index contributed by atoms with van der Waals surface area (Å²) in [6.07, 6.45) is 1.09. The Morgan fingerprint density at radius 1 is 1.41 bits per heavy atom. The van der Waals surface area contributed by atoms with E-state index in [9.17, 15) is 0 Å². The van der Waals surface area contributed by atoms with Crippen LogP contribution in [-0.4, -0.2) is 26.8 Å². The highest BCUT2D eigenvalue weighted by Gasteiger charge is 2.19. The second-order valence-electron chi connectivity index (χ2n) is 4.27. The molecule has 0 aliphatic carbocycles. The lowest BCUT2D eigenvalue weighted by Crippen LogP contribution is -2.43. The Bertz CT molecular complexity index is 391. The van der Waals surface area contributed by atoms with Gasteiger partial charge in [0, 0.05) is 0 Å². The van der Waals surface area contributed by atoms with Crippen LogP contribution in [0.3, 0.4) is 0 Å². The fourth-order valence-corrected chi connectivity index (χ4v) is 2.68. The molecule has 17 heavy (non-hydrogen) atoms. The normalized spacial score (nSPS) is 15.5. The van der Waals surface area contributed by atoms with Crippen LogP contribution in [0.1, 0.15) is 12.5 Å². The van der Waals surface area contributed by atoms with Gasteiger partial charge in [-0.2, -0.15) is 0 Å². The monoisotopic (exact) mass is 299 g/mol.